The van der Waals surface area contributed by atoms with Crippen LogP contribution >= 0.6 is 11.3 Å². The first-order valence-corrected chi connectivity index (χ1v) is 10.8. The molecular weight excluding hydrogens is 344 g/mol. The predicted octanol–water partition coefficient (Wildman–Crippen LogP) is 2.14. The molecule has 0 atom stereocenters. The summed E-state index contributed by atoms with van der Waals surface area (Å²) in [6.07, 6.45) is 5.18. The first-order valence-electron chi connectivity index (χ1n) is 8.43. The number of imidazole rings is 1. The van der Waals surface area contributed by atoms with Gasteiger partial charge in [0.2, 0.25) is 0 Å². The number of aryl methyl sites for hydroxylation is 1. The van der Waals surface area contributed by atoms with E-state index in [2.05, 4.69) is 14.5 Å². The highest BCUT2D eigenvalue weighted by Crippen LogP contribution is 2.26. The average molecular weight is 367 g/mol. The quantitative estimate of drug-likeness (QED) is 0.832. The van der Waals surface area contributed by atoms with Crippen molar-refractivity contribution in [2.45, 2.75) is 43.1 Å². The summed E-state index contributed by atoms with van der Waals surface area (Å²) in [6.45, 7) is 4.87. The molecule has 0 radical (unpaired) electrons. The van der Waals surface area contributed by atoms with E-state index in [1.165, 1.54) is 24.2 Å². The van der Waals surface area contributed by atoms with E-state index in [0.717, 1.165) is 44.0 Å². The van der Waals surface area contributed by atoms with Crippen LogP contribution in [0.15, 0.2) is 28.0 Å². The Morgan fingerprint density at radius 1 is 1.12 bits per heavy atom. The molecule has 2 aromatic heterocycles. The molecule has 0 amide bonds. The molecule has 1 fully saturated rings. The zero-order valence-electron chi connectivity index (χ0n) is 13.6. The Balaban J connectivity index is 1.60. The van der Waals surface area contributed by atoms with Crippen molar-refractivity contribution in [3.8, 4) is 0 Å². The highest BCUT2D eigenvalue weighted by atomic mass is 32.2. The summed E-state index contributed by atoms with van der Waals surface area (Å²) in [4.78, 5) is 6.99. The number of sulfonamides is 1. The largest absolute Gasteiger partial charge is 0.333 e. The van der Waals surface area contributed by atoms with Gasteiger partial charge >= 0.3 is 0 Å². The van der Waals surface area contributed by atoms with Crippen LogP contribution in [-0.4, -0.2) is 46.8 Å². The molecule has 0 bridgehead atoms. The van der Waals surface area contributed by atoms with Crippen molar-refractivity contribution in [2.24, 2.45) is 0 Å². The van der Waals surface area contributed by atoms with Crippen molar-refractivity contribution >= 4 is 21.4 Å². The molecule has 2 aliphatic rings. The van der Waals surface area contributed by atoms with E-state index >= 15 is 0 Å². The molecule has 0 aromatic carbocycles. The molecule has 0 N–H and O–H groups in total. The lowest BCUT2D eigenvalue weighted by molar-refractivity contribution is 0.324. The number of rotatable bonds is 4. The lowest BCUT2D eigenvalue weighted by Crippen LogP contribution is -2.31. The Bertz CT molecular complexity index is 792. The Morgan fingerprint density at radius 2 is 1.96 bits per heavy atom. The van der Waals surface area contributed by atoms with Gasteiger partial charge in [-0.15, -0.1) is 11.3 Å². The maximum atomic E-state index is 12.9. The Kier molecular flexibility index (Phi) is 4.46. The summed E-state index contributed by atoms with van der Waals surface area (Å²) in [5.41, 5.74) is 2.09. The van der Waals surface area contributed by atoms with Crippen molar-refractivity contribution in [3.05, 3.63) is 35.2 Å². The zero-order valence-corrected chi connectivity index (χ0v) is 15.2. The van der Waals surface area contributed by atoms with Crippen LogP contribution in [0.5, 0.6) is 0 Å². The van der Waals surface area contributed by atoms with Crippen molar-refractivity contribution in [1.82, 2.24) is 18.8 Å². The second-order valence-electron chi connectivity index (χ2n) is 6.44. The lowest BCUT2D eigenvalue weighted by atomic mass is 10.3. The number of hydrogen-bond acceptors (Lipinski definition) is 5. The molecule has 4 heterocycles. The van der Waals surface area contributed by atoms with Gasteiger partial charge in [-0.3, -0.25) is 4.90 Å². The first-order chi connectivity index (χ1) is 11.6. The number of nitrogens with zero attached hydrogens (tertiary/aromatic N) is 4. The standard InChI is InChI=1S/C16H22N4O2S2/c21-24(22,16-5-3-10-23-16)20-9-4-8-19-13-17-14(15(19)12-20)11-18-6-1-2-7-18/h3,5,10,13H,1-2,4,6-9,11-12H2. The summed E-state index contributed by atoms with van der Waals surface area (Å²) < 4.78 is 29.9. The van der Waals surface area contributed by atoms with Crippen LogP contribution < -0.4 is 0 Å². The van der Waals surface area contributed by atoms with Gasteiger partial charge in [0, 0.05) is 19.6 Å². The van der Waals surface area contributed by atoms with Crippen LogP contribution in [0.3, 0.4) is 0 Å². The fraction of sp³-hybridized carbons (Fsp3) is 0.562. The van der Waals surface area contributed by atoms with E-state index in [1.54, 1.807) is 16.4 Å². The van der Waals surface area contributed by atoms with Gasteiger partial charge in [-0.1, -0.05) is 6.07 Å². The van der Waals surface area contributed by atoms with Gasteiger partial charge in [0.05, 0.1) is 24.3 Å². The van der Waals surface area contributed by atoms with Crippen LogP contribution in [0.2, 0.25) is 0 Å². The summed E-state index contributed by atoms with van der Waals surface area (Å²) in [5.74, 6) is 0. The molecule has 1 saturated heterocycles. The summed E-state index contributed by atoms with van der Waals surface area (Å²) >= 11 is 1.28. The van der Waals surface area contributed by atoms with Crippen molar-refractivity contribution in [2.75, 3.05) is 19.6 Å². The number of likely N-dealkylation sites (tertiary alicyclic amines) is 1. The molecule has 0 unspecified atom stereocenters. The van der Waals surface area contributed by atoms with E-state index in [1.807, 2.05) is 11.7 Å². The van der Waals surface area contributed by atoms with Crippen LogP contribution in [0.4, 0.5) is 0 Å². The third-order valence-corrected chi connectivity index (χ3v) is 8.04. The third kappa shape index (κ3) is 3.03. The number of hydrogen-bond donors (Lipinski definition) is 0. The van der Waals surface area contributed by atoms with Gasteiger partial charge in [0.15, 0.2) is 0 Å². The second kappa shape index (κ2) is 6.59. The molecule has 0 aliphatic carbocycles. The molecule has 0 spiro atoms. The molecule has 4 rings (SSSR count). The monoisotopic (exact) mass is 366 g/mol. The minimum absolute atomic E-state index is 0.420. The van der Waals surface area contributed by atoms with Gasteiger partial charge in [0.1, 0.15) is 4.21 Å². The molecule has 24 heavy (non-hydrogen) atoms. The molecule has 130 valence electrons. The topological polar surface area (TPSA) is 58.4 Å². The smallest absolute Gasteiger partial charge is 0.252 e. The molecular formula is C16H22N4O2S2. The van der Waals surface area contributed by atoms with Gasteiger partial charge in [-0.25, -0.2) is 13.4 Å². The molecule has 2 aromatic rings. The zero-order chi connectivity index (χ0) is 16.6. The molecule has 6 nitrogen and oxygen atoms in total. The SMILES string of the molecule is O=S(=O)(c1cccs1)N1CCCn2cnc(CN3CCCC3)c2C1. The maximum Gasteiger partial charge on any atom is 0.252 e. The normalized spacial score (nSPS) is 20.2. The highest BCUT2D eigenvalue weighted by molar-refractivity contribution is 7.91. The van der Waals surface area contributed by atoms with Gasteiger partial charge < -0.3 is 4.57 Å². The average Bonchev–Trinajstić information content (AvgIpc) is 3.29. The molecule has 2 aliphatic heterocycles. The highest BCUT2D eigenvalue weighted by Gasteiger charge is 2.30. The van der Waals surface area contributed by atoms with Crippen LogP contribution in [0.1, 0.15) is 30.7 Å². The lowest BCUT2D eigenvalue weighted by Gasteiger charge is -2.20. The Morgan fingerprint density at radius 3 is 2.71 bits per heavy atom. The van der Waals surface area contributed by atoms with E-state index in [9.17, 15) is 8.42 Å². The van der Waals surface area contributed by atoms with E-state index < -0.39 is 10.0 Å². The predicted molar refractivity (Wildman–Crippen MR) is 93.3 cm³/mol. The van der Waals surface area contributed by atoms with Crippen LogP contribution in [-0.2, 0) is 29.7 Å². The minimum Gasteiger partial charge on any atom is -0.333 e. The van der Waals surface area contributed by atoms with Gasteiger partial charge in [0.25, 0.3) is 10.0 Å². The molecule has 0 saturated carbocycles. The number of fused-ring (bicyclic) bond motifs is 1. The van der Waals surface area contributed by atoms with Crippen LogP contribution in [0.25, 0.3) is 0 Å². The van der Waals surface area contributed by atoms with Crippen molar-refractivity contribution < 1.29 is 8.42 Å². The Hall–Kier alpha value is -1.22. The maximum absolute atomic E-state index is 12.9. The summed E-state index contributed by atoms with van der Waals surface area (Å²) in [5, 5.41) is 1.81. The fourth-order valence-corrected chi connectivity index (χ4v) is 6.10. The molecule has 8 heteroatoms. The van der Waals surface area contributed by atoms with Crippen molar-refractivity contribution in [3.63, 3.8) is 0 Å². The summed E-state index contributed by atoms with van der Waals surface area (Å²) in [7, 11) is -3.41. The first kappa shape index (κ1) is 16.3. The van der Waals surface area contributed by atoms with Crippen LogP contribution in [0, 0.1) is 0 Å². The van der Waals surface area contributed by atoms with E-state index in [4.69, 9.17) is 0 Å². The van der Waals surface area contributed by atoms with Gasteiger partial charge in [-0.05, 0) is 43.8 Å². The summed E-state index contributed by atoms with van der Waals surface area (Å²) in [6, 6.07) is 3.48. The Labute approximate surface area is 146 Å². The van der Waals surface area contributed by atoms with E-state index in [-0.39, 0.29) is 0 Å². The third-order valence-electron chi connectivity index (χ3n) is 4.83. The van der Waals surface area contributed by atoms with Gasteiger partial charge in [-0.2, -0.15) is 4.31 Å². The number of thiophene rings is 1. The fourth-order valence-electron chi connectivity index (χ4n) is 3.51. The number of aromatic nitrogens is 2. The van der Waals surface area contributed by atoms with Crippen molar-refractivity contribution in [1.29, 1.82) is 0 Å². The minimum atomic E-state index is -3.41. The second-order valence-corrected chi connectivity index (χ2v) is 9.55. The van der Waals surface area contributed by atoms with E-state index in [0.29, 0.717) is 17.3 Å².